The number of carbonyl (C=O) groups excluding carboxylic acids is 1. The first kappa shape index (κ1) is 27.3. The molecule has 41 heavy (non-hydrogen) atoms. The van der Waals surface area contributed by atoms with Crippen LogP contribution in [-0.2, 0) is 12.4 Å². The lowest BCUT2D eigenvalue weighted by molar-refractivity contribution is -0.383. The molecule has 0 aliphatic heterocycles. The second kappa shape index (κ2) is 10.0. The van der Waals surface area contributed by atoms with Crippen molar-refractivity contribution in [2.45, 2.75) is 12.4 Å². The molecule has 0 aliphatic rings. The van der Waals surface area contributed by atoms with Gasteiger partial charge < -0.3 is 10.6 Å². The van der Waals surface area contributed by atoms with Crippen LogP contribution in [0.3, 0.4) is 0 Å². The molecule has 0 aliphatic carbocycles. The highest BCUT2D eigenvalue weighted by Crippen LogP contribution is 2.38. The van der Waals surface area contributed by atoms with E-state index >= 15 is 0 Å². The molecular weight excluding hydrogens is 556 g/mol. The maximum Gasteiger partial charge on any atom is 0.417 e. The van der Waals surface area contributed by atoms with Crippen LogP contribution in [0, 0.1) is 10.1 Å². The molecule has 0 saturated carbocycles. The Kier molecular flexibility index (Phi) is 6.69. The number of non-ortho nitro benzene ring substituents is 1. The van der Waals surface area contributed by atoms with Gasteiger partial charge in [-0.05, 0) is 36.4 Å². The molecule has 208 valence electrons. The molecule has 0 bridgehead atoms. The number of hydrogen-bond acceptors (Lipinski definition) is 6. The Morgan fingerprint density at radius 2 is 1.46 bits per heavy atom. The van der Waals surface area contributed by atoms with Crippen molar-refractivity contribution in [3.05, 3.63) is 106 Å². The van der Waals surface area contributed by atoms with E-state index in [9.17, 15) is 41.3 Å². The minimum atomic E-state index is -5.24. The van der Waals surface area contributed by atoms with Gasteiger partial charge in [0.1, 0.15) is 11.3 Å². The molecule has 0 spiro atoms. The van der Waals surface area contributed by atoms with Crippen molar-refractivity contribution in [1.82, 2.24) is 9.97 Å². The van der Waals surface area contributed by atoms with E-state index in [2.05, 4.69) is 20.6 Å². The number of fused-ring (bicyclic) bond motifs is 2. The zero-order valence-corrected chi connectivity index (χ0v) is 20.3. The molecule has 0 unspecified atom stereocenters. The molecule has 2 aromatic heterocycles. The number of alkyl halides is 6. The van der Waals surface area contributed by atoms with Crippen molar-refractivity contribution in [3.8, 4) is 0 Å². The van der Waals surface area contributed by atoms with Crippen LogP contribution in [0.1, 0.15) is 21.5 Å². The number of nitro benzene ring substituents is 1. The number of carbonyl (C=O) groups is 1. The van der Waals surface area contributed by atoms with Gasteiger partial charge in [-0.25, -0.2) is 9.97 Å². The number of hydrogen-bond donors (Lipinski definition) is 2. The van der Waals surface area contributed by atoms with Crippen molar-refractivity contribution in [3.63, 3.8) is 0 Å². The van der Waals surface area contributed by atoms with E-state index in [1.165, 1.54) is 30.6 Å². The number of nitrogens with one attached hydrogen (secondary N) is 2. The number of amides is 1. The van der Waals surface area contributed by atoms with Gasteiger partial charge in [-0.2, -0.15) is 26.3 Å². The fourth-order valence-corrected chi connectivity index (χ4v) is 4.31. The van der Waals surface area contributed by atoms with Gasteiger partial charge in [0, 0.05) is 46.0 Å². The average Bonchev–Trinajstić information content (AvgIpc) is 2.92. The van der Waals surface area contributed by atoms with Gasteiger partial charge in [0.2, 0.25) is 0 Å². The zero-order valence-electron chi connectivity index (χ0n) is 20.3. The van der Waals surface area contributed by atoms with Gasteiger partial charge in [-0.1, -0.05) is 24.3 Å². The van der Waals surface area contributed by atoms with E-state index in [0.717, 1.165) is 0 Å². The first-order chi connectivity index (χ1) is 19.3. The average molecular weight is 571 g/mol. The van der Waals surface area contributed by atoms with E-state index in [0.29, 0.717) is 39.7 Å². The van der Waals surface area contributed by atoms with E-state index in [1.807, 2.05) is 0 Å². The maximum atomic E-state index is 13.6. The molecule has 3 aromatic carbocycles. The third-order valence-corrected chi connectivity index (χ3v) is 6.15. The molecule has 0 atom stereocenters. The van der Waals surface area contributed by atoms with E-state index in [4.69, 9.17) is 0 Å². The Labute approximate surface area is 225 Å². The van der Waals surface area contributed by atoms with Crippen molar-refractivity contribution in [2.24, 2.45) is 0 Å². The van der Waals surface area contributed by atoms with E-state index in [1.54, 1.807) is 30.3 Å². The van der Waals surface area contributed by atoms with Gasteiger partial charge in [-0.3, -0.25) is 14.9 Å². The van der Waals surface area contributed by atoms with Crippen LogP contribution in [0.15, 0.2) is 79.1 Å². The van der Waals surface area contributed by atoms with Crippen LogP contribution in [0.4, 0.5) is 49.2 Å². The lowest BCUT2D eigenvalue weighted by Gasteiger charge is -2.16. The molecule has 5 aromatic rings. The Balaban J connectivity index is 1.52. The number of halogens is 6. The number of anilines is 3. The molecule has 5 rings (SSSR count). The maximum absolute atomic E-state index is 13.6. The largest absolute Gasteiger partial charge is 0.417 e. The van der Waals surface area contributed by atoms with Crippen LogP contribution in [0.25, 0.3) is 21.7 Å². The summed E-state index contributed by atoms with van der Waals surface area (Å²) in [6, 6.07) is 13.1. The highest BCUT2D eigenvalue weighted by molar-refractivity contribution is 6.11. The summed E-state index contributed by atoms with van der Waals surface area (Å²) in [6.07, 6.45) is -7.60. The summed E-state index contributed by atoms with van der Waals surface area (Å²) in [6.45, 7) is 0. The molecule has 0 radical (unpaired) electrons. The van der Waals surface area contributed by atoms with Crippen molar-refractivity contribution in [1.29, 1.82) is 0 Å². The van der Waals surface area contributed by atoms with Gasteiger partial charge in [0.05, 0.1) is 21.6 Å². The van der Waals surface area contributed by atoms with Gasteiger partial charge >= 0.3 is 12.4 Å². The molecule has 2 heterocycles. The third kappa shape index (κ3) is 5.31. The number of rotatable bonds is 5. The predicted molar refractivity (Wildman–Crippen MR) is 138 cm³/mol. The summed E-state index contributed by atoms with van der Waals surface area (Å²) in [5.74, 6) is -1.45. The SMILES string of the molecule is O=C(Nc1nccc2c(Nc3ccnc4c([N+](=O)[O-])cccc34)cccc12)c1ccc(C(F)(F)F)cc1C(F)(F)F. The molecule has 0 saturated heterocycles. The van der Waals surface area contributed by atoms with Crippen LogP contribution >= 0.6 is 0 Å². The molecule has 2 N–H and O–H groups in total. The molecule has 0 fully saturated rings. The summed E-state index contributed by atoms with van der Waals surface area (Å²) in [5, 5.41) is 18.1. The first-order valence-electron chi connectivity index (χ1n) is 11.6. The number of nitrogens with zero attached hydrogens (tertiary/aromatic N) is 3. The summed E-state index contributed by atoms with van der Waals surface area (Å²) >= 11 is 0. The van der Waals surface area contributed by atoms with Crippen molar-refractivity contribution in [2.75, 3.05) is 10.6 Å². The lowest BCUT2D eigenvalue weighted by atomic mass is 10.0. The molecule has 14 heteroatoms. The summed E-state index contributed by atoms with van der Waals surface area (Å²) in [4.78, 5) is 31.9. The summed E-state index contributed by atoms with van der Waals surface area (Å²) in [7, 11) is 0. The predicted octanol–water partition coefficient (Wildman–Crippen LogP) is 7.72. The van der Waals surface area contributed by atoms with Gasteiger partial charge in [0.15, 0.2) is 0 Å². The van der Waals surface area contributed by atoms with Crippen LogP contribution in [0.2, 0.25) is 0 Å². The standard InChI is InChI=1S/C27H15F6N5O3/c28-26(29,30)14-7-8-17(19(13-14)27(31,32)33)25(39)37-24-16-3-1-5-20(15(16)9-11-35-24)36-21-10-12-34-23-18(21)4-2-6-22(23)38(40)41/h1-13H,(H,34,36)(H,35,37,39). The fraction of sp³-hybridized carbons (Fsp3) is 0.0741. The Bertz CT molecular complexity index is 1840. The second-order valence-corrected chi connectivity index (χ2v) is 8.68. The van der Waals surface area contributed by atoms with E-state index < -0.39 is 39.9 Å². The monoisotopic (exact) mass is 571 g/mol. The topological polar surface area (TPSA) is 110 Å². The van der Waals surface area contributed by atoms with Crippen LogP contribution < -0.4 is 10.6 Å². The van der Waals surface area contributed by atoms with Crippen LogP contribution in [0.5, 0.6) is 0 Å². The number of para-hydroxylation sites is 1. The van der Waals surface area contributed by atoms with Gasteiger partial charge in [0.25, 0.3) is 11.6 Å². The second-order valence-electron chi connectivity index (χ2n) is 8.68. The molecular formula is C27H15F6N5O3. The molecule has 8 nitrogen and oxygen atoms in total. The minimum absolute atomic E-state index is 0.114. The fourth-order valence-electron chi connectivity index (χ4n) is 4.31. The Morgan fingerprint density at radius 1 is 0.780 bits per heavy atom. The zero-order chi connectivity index (χ0) is 29.5. The van der Waals surface area contributed by atoms with E-state index in [-0.39, 0.29) is 23.1 Å². The van der Waals surface area contributed by atoms with Gasteiger partial charge in [-0.15, -0.1) is 0 Å². The number of pyridine rings is 2. The number of benzene rings is 3. The van der Waals surface area contributed by atoms with Crippen LogP contribution in [-0.4, -0.2) is 20.8 Å². The van der Waals surface area contributed by atoms with Crippen molar-refractivity contribution < 1.29 is 36.1 Å². The highest BCUT2D eigenvalue weighted by Gasteiger charge is 2.39. The smallest absolute Gasteiger partial charge is 0.354 e. The summed E-state index contributed by atoms with van der Waals surface area (Å²) < 4.78 is 79.9. The lowest BCUT2D eigenvalue weighted by Crippen LogP contribution is -2.20. The van der Waals surface area contributed by atoms with Crippen molar-refractivity contribution >= 4 is 50.5 Å². The molecule has 1 amide bonds. The quantitative estimate of drug-likeness (QED) is 0.127. The number of nitro groups is 1. The third-order valence-electron chi connectivity index (χ3n) is 6.15. The first-order valence-corrected chi connectivity index (χ1v) is 11.6. The Hall–Kier alpha value is -5.27. The normalized spacial score (nSPS) is 12.0. The summed E-state index contributed by atoms with van der Waals surface area (Å²) in [5.41, 5.74) is -3.42. The minimum Gasteiger partial charge on any atom is -0.354 e. The Morgan fingerprint density at radius 3 is 2.17 bits per heavy atom. The highest BCUT2D eigenvalue weighted by atomic mass is 19.4. The number of aromatic nitrogens is 2.